The van der Waals surface area contributed by atoms with Crippen molar-refractivity contribution in [3.05, 3.63) is 48.3 Å². The number of rotatable bonds is 4. The standard InChI is InChI=1S/C16H19N3O3/c20-15(17-12-16(21)6-8-22-9-7-16)13-10-18-19(11-13)14-4-2-1-3-5-14/h1-5,10-11,21H,6-9,12H2,(H,17,20). The first kappa shape index (κ1) is 14.7. The summed E-state index contributed by atoms with van der Waals surface area (Å²) < 4.78 is 6.87. The van der Waals surface area contributed by atoms with Crippen molar-refractivity contribution < 1.29 is 14.6 Å². The fourth-order valence-electron chi connectivity index (χ4n) is 2.44. The average molecular weight is 301 g/mol. The van der Waals surface area contributed by atoms with Crippen molar-refractivity contribution in [1.82, 2.24) is 15.1 Å². The highest BCUT2D eigenvalue weighted by molar-refractivity contribution is 5.93. The van der Waals surface area contributed by atoms with Crippen LogP contribution >= 0.6 is 0 Å². The quantitative estimate of drug-likeness (QED) is 0.888. The van der Waals surface area contributed by atoms with Gasteiger partial charge in [0, 0.05) is 38.8 Å². The van der Waals surface area contributed by atoms with E-state index in [2.05, 4.69) is 10.4 Å². The van der Waals surface area contributed by atoms with Gasteiger partial charge in [0.1, 0.15) is 0 Å². The van der Waals surface area contributed by atoms with Gasteiger partial charge in [-0.05, 0) is 12.1 Å². The molecule has 0 aliphatic carbocycles. The minimum absolute atomic E-state index is 0.228. The van der Waals surface area contributed by atoms with Crippen LogP contribution in [0.1, 0.15) is 23.2 Å². The van der Waals surface area contributed by atoms with E-state index in [1.807, 2.05) is 30.3 Å². The van der Waals surface area contributed by atoms with E-state index in [4.69, 9.17) is 4.74 Å². The molecule has 0 unspecified atom stereocenters. The lowest BCUT2D eigenvalue weighted by molar-refractivity contribution is -0.0605. The van der Waals surface area contributed by atoms with Crippen LogP contribution < -0.4 is 5.32 Å². The number of aromatic nitrogens is 2. The summed E-state index contributed by atoms with van der Waals surface area (Å²) in [6.07, 6.45) is 4.28. The number of amides is 1. The van der Waals surface area contributed by atoms with E-state index in [-0.39, 0.29) is 12.5 Å². The number of para-hydroxylation sites is 1. The van der Waals surface area contributed by atoms with Crippen molar-refractivity contribution in [1.29, 1.82) is 0 Å². The number of nitrogens with zero attached hydrogens (tertiary/aromatic N) is 2. The summed E-state index contributed by atoms with van der Waals surface area (Å²) in [5.41, 5.74) is 0.493. The first-order valence-corrected chi connectivity index (χ1v) is 7.35. The van der Waals surface area contributed by atoms with Crippen LogP contribution in [-0.2, 0) is 4.74 Å². The molecule has 1 aliphatic rings. The van der Waals surface area contributed by atoms with Crippen molar-refractivity contribution in [2.24, 2.45) is 0 Å². The lowest BCUT2D eigenvalue weighted by Gasteiger charge is -2.31. The van der Waals surface area contributed by atoms with Crippen LogP contribution in [0.4, 0.5) is 0 Å². The highest BCUT2D eigenvalue weighted by Crippen LogP contribution is 2.19. The molecular weight excluding hydrogens is 282 g/mol. The molecule has 1 aromatic heterocycles. The number of carbonyl (C=O) groups is 1. The molecule has 1 fully saturated rings. The number of ether oxygens (including phenoxy) is 1. The largest absolute Gasteiger partial charge is 0.388 e. The summed E-state index contributed by atoms with van der Waals surface area (Å²) in [6.45, 7) is 1.28. The van der Waals surface area contributed by atoms with Gasteiger partial charge in [-0.25, -0.2) is 4.68 Å². The van der Waals surface area contributed by atoms with E-state index in [0.717, 1.165) is 5.69 Å². The average Bonchev–Trinajstić information content (AvgIpc) is 3.04. The fourth-order valence-corrected chi connectivity index (χ4v) is 2.44. The predicted octanol–water partition coefficient (Wildman–Crippen LogP) is 1.14. The van der Waals surface area contributed by atoms with E-state index in [9.17, 15) is 9.90 Å². The maximum absolute atomic E-state index is 12.2. The van der Waals surface area contributed by atoms with Gasteiger partial charge in [0.15, 0.2) is 0 Å². The zero-order chi connectivity index (χ0) is 15.4. The number of benzene rings is 1. The highest BCUT2D eigenvalue weighted by Gasteiger charge is 2.30. The van der Waals surface area contributed by atoms with E-state index >= 15 is 0 Å². The molecule has 6 heteroatoms. The number of hydrogen-bond donors (Lipinski definition) is 2. The van der Waals surface area contributed by atoms with Gasteiger partial charge in [0.05, 0.1) is 23.0 Å². The van der Waals surface area contributed by atoms with Gasteiger partial charge in [-0.3, -0.25) is 4.79 Å². The molecule has 1 aliphatic heterocycles. The molecule has 2 heterocycles. The third kappa shape index (κ3) is 3.35. The molecule has 22 heavy (non-hydrogen) atoms. The van der Waals surface area contributed by atoms with Crippen molar-refractivity contribution in [3.8, 4) is 5.69 Å². The van der Waals surface area contributed by atoms with Crippen LogP contribution in [0.3, 0.4) is 0 Å². The second kappa shape index (κ2) is 6.29. The Hall–Kier alpha value is -2.18. The minimum Gasteiger partial charge on any atom is -0.388 e. The van der Waals surface area contributed by atoms with Gasteiger partial charge >= 0.3 is 0 Å². The molecule has 0 radical (unpaired) electrons. The second-order valence-corrected chi connectivity index (χ2v) is 5.53. The summed E-state index contributed by atoms with van der Waals surface area (Å²) in [4.78, 5) is 12.2. The third-order valence-electron chi connectivity index (χ3n) is 3.87. The molecule has 1 saturated heterocycles. The van der Waals surface area contributed by atoms with Crippen LogP contribution in [0.15, 0.2) is 42.7 Å². The van der Waals surface area contributed by atoms with E-state index < -0.39 is 5.60 Å². The maximum atomic E-state index is 12.2. The minimum atomic E-state index is -0.872. The zero-order valence-corrected chi connectivity index (χ0v) is 12.2. The first-order chi connectivity index (χ1) is 10.7. The van der Waals surface area contributed by atoms with E-state index in [1.54, 1.807) is 10.9 Å². The molecule has 1 amide bonds. The van der Waals surface area contributed by atoms with Crippen LogP contribution in [-0.4, -0.2) is 46.2 Å². The van der Waals surface area contributed by atoms with Crippen molar-refractivity contribution in [3.63, 3.8) is 0 Å². The van der Waals surface area contributed by atoms with Gasteiger partial charge in [-0.2, -0.15) is 5.10 Å². The topological polar surface area (TPSA) is 76.4 Å². The van der Waals surface area contributed by atoms with Gasteiger partial charge in [0.25, 0.3) is 5.91 Å². The van der Waals surface area contributed by atoms with Crippen LogP contribution in [0.2, 0.25) is 0 Å². The lowest BCUT2D eigenvalue weighted by atomic mass is 9.94. The number of carbonyl (C=O) groups excluding carboxylic acids is 1. The van der Waals surface area contributed by atoms with Crippen LogP contribution in [0.25, 0.3) is 5.69 Å². The Labute approximate surface area is 128 Å². The Morgan fingerprint density at radius 3 is 2.77 bits per heavy atom. The summed E-state index contributed by atoms with van der Waals surface area (Å²) in [5.74, 6) is -0.234. The van der Waals surface area contributed by atoms with Gasteiger partial charge in [0.2, 0.25) is 0 Å². The van der Waals surface area contributed by atoms with Crippen molar-refractivity contribution in [2.45, 2.75) is 18.4 Å². The van der Waals surface area contributed by atoms with Gasteiger partial charge in [-0.1, -0.05) is 18.2 Å². The summed E-state index contributed by atoms with van der Waals surface area (Å²) in [5, 5.41) is 17.3. The number of hydrogen-bond acceptors (Lipinski definition) is 4. The second-order valence-electron chi connectivity index (χ2n) is 5.53. The smallest absolute Gasteiger partial charge is 0.254 e. The van der Waals surface area contributed by atoms with Crippen LogP contribution in [0.5, 0.6) is 0 Å². The summed E-state index contributed by atoms with van der Waals surface area (Å²) in [7, 11) is 0. The van der Waals surface area contributed by atoms with Gasteiger partial charge in [-0.15, -0.1) is 0 Å². The van der Waals surface area contributed by atoms with Crippen molar-refractivity contribution >= 4 is 5.91 Å². The van der Waals surface area contributed by atoms with E-state index in [1.165, 1.54) is 6.20 Å². The normalized spacial score (nSPS) is 17.1. The summed E-state index contributed by atoms with van der Waals surface area (Å²) in [6, 6.07) is 9.59. The fraction of sp³-hybridized carbons (Fsp3) is 0.375. The lowest BCUT2D eigenvalue weighted by Crippen LogP contribution is -2.46. The highest BCUT2D eigenvalue weighted by atomic mass is 16.5. The molecule has 2 N–H and O–H groups in total. The molecule has 0 spiro atoms. The summed E-state index contributed by atoms with van der Waals surface area (Å²) >= 11 is 0. The van der Waals surface area contributed by atoms with Crippen molar-refractivity contribution in [2.75, 3.05) is 19.8 Å². The number of aliphatic hydroxyl groups is 1. The Morgan fingerprint density at radius 1 is 1.32 bits per heavy atom. The third-order valence-corrected chi connectivity index (χ3v) is 3.87. The maximum Gasteiger partial charge on any atom is 0.254 e. The molecule has 116 valence electrons. The molecule has 0 bridgehead atoms. The van der Waals surface area contributed by atoms with Crippen LogP contribution in [0, 0.1) is 0 Å². The Balaban J connectivity index is 1.62. The van der Waals surface area contributed by atoms with Gasteiger partial charge < -0.3 is 15.2 Å². The Bertz CT molecular complexity index is 633. The molecule has 2 aromatic rings. The zero-order valence-electron chi connectivity index (χ0n) is 12.2. The van der Waals surface area contributed by atoms with E-state index in [0.29, 0.717) is 31.6 Å². The molecule has 3 rings (SSSR count). The molecule has 0 saturated carbocycles. The molecule has 6 nitrogen and oxygen atoms in total. The monoisotopic (exact) mass is 301 g/mol. The Kier molecular flexibility index (Phi) is 4.22. The first-order valence-electron chi connectivity index (χ1n) is 7.35. The molecule has 1 aromatic carbocycles. The predicted molar refractivity (Wildman–Crippen MR) is 80.9 cm³/mol. The molecule has 0 atom stereocenters. The molecular formula is C16H19N3O3. The number of nitrogens with one attached hydrogen (secondary N) is 1. The Morgan fingerprint density at radius 2 is 2.05 bits per heavy atom. The SMILES string of the molecule is O=C(NCC1(O)CCOCC1)c1cnn(-c2ccccc2)c1.